The number of nitrogens with zero attached hydrogens (tertiary/aromatic N) is 2. The van der Waals surface area contributed by atoms with Crippen molar-refractivity contribution >= 4 is 55.1 Å². The lowest BCUT2D eigenvalue weighted by atomic mass is 9.94. The summed E-state index contributed by atoms with van der Waals surface area (Å²) in [4.78, 5) is 29.6. The van der Waals surface area contributed by atoms with Gasteiger partial charge in [-0.15, -0.1) is 0 Å². The molecule has 43 heavy (non-hydrogen) atoms. The molecule has 1 unspecified atom stereocenters. The van der Waals surface area contributed by atoms with Crippen LogP contribution in [0.1, 0.15) is 56.1 Å². The molecule has 1 atom stereocenters. The summed E-state index contributed by atoms with van der Waals surface area (Å²) < 4.78 is 27.5. The van der Waals surface area contributed by atoms with Gasteiger partial charge in [-0.1, -0.05) is 95.3 Å². The Morgan fingerprint density at radius 2 is 1.65 bits per heavy atom. The highest BCUT2D eigenvalue weighted by Gasteiger charge is 2.32. The van der Waals surface area contributed by atoms with Crippen LogP contribution in [0.2, 0.25) is 5.02 Å². The van der Waals surface area contributed by atoms with E-state index >= 15 is 0 Å². The van der Waals surface area contributed by atoms with Gasteiger partial charge >= 0.3 is 0 Å². The van der Waals surface area contributed by atoms with Crippen molar-refractivity contribution in [2.75, 3.05) is 17.1 Å². The molecule has 7 nitrogen and oxygen atoms in total. The zero-order valence-corrected chi connectivity index (χ0v) is 27.6. The van der Waals surface area contributed by atoms with Gasteiger partial charge in [0, 0.05) is 41.5 Å². The van der Waals surface area contributed by atoms with Crippen LogP contribution < -0.4 is 9.62 Å². The lowest BCUT2D eigenvalue weighted by Crippen LogP contribution is -2.52. The first-order valence-electron chi connectivity index (χ1n) is 14.7. The molecule has 3 aromatic carbocycles. The summed E-state index contributed by atoms with van der Waals surface area (Å²) in [5.74, 6) is -0.361. The van der Waals surface area contributed by atoms with Crippen LogP contribution in [-0.2, 0) is 32.6 Å². The molecule has 1 fully saturated rings. The number of hydrogen-bond acceptors (Lipinski definition) is 4. The van der Waals surface area contributed by atoms with Gasteiger partial charge in [0.25, 0.3) is 0 Å². The minimum absolute atomic E-state index is 0.0745. The summed E-state index contributed by atoms with van der Waals surface area (Å²) in [5, 5.41) is 3.68. The van der Waals surface area contributed by atoms with Gasteiger partial charge in [0.1, 0.15) is 6.04 Å². The van der Waals surface area contributed by atoms with E-state index in [1.807, 2.05) is 54.6 Å². The van der Waals surface area contributed by atoms with Crippen molar-refractivity contribution in [3.63, 3.8) is 0 Å². The second-order valence-electron chi connectivity index (χ2n) is 11.1. The molecule has 3 aromatic rings. The molecule has 4 rings (SSSR count). The van der Waals surface area contributed by atoms with Gasteiger partial charge in [-0.3, -0.25) is 13.9 Å². The van der Waals surface area contributed by atoms with Crippen molar-refractivity contribution in [1.82, 2.24) is 10.2 Å². The molecular formula is C33H39BrClN3O4S. The highest BCUT2D eigenvalue weighted by Crippen LogP contribution is 2.24. The highest BCUT2D eigenvalue weighted by atomic mass is 79.9. The molecule has 0 saturated heterocycles. The van der Waals surface area contributed by atoms with Crippen molar-refractivity contribution in [3.8, 4) is 0 Å². The minimum atomic E-state index is -3.61. The first kappa shape index (κ1) is 33.0. The van der Waals surface area contributed by atoms with E-state index in [0.29, 0.717) is 17.1 Å². The fourth-order valence-corrected chi connectivity index (χ4v) is 6.93. The van der Waals surface area contributed by atoms with Gasteiger partial charge in [0.2, 0.25) is 21.8 Å². The Balaban J connectivity index is 1.58. The smallest absolute Gasteiger partial charge is 0.243 e. The molecule has 230 valence electrons. The van der Waals surface area contributed by atoms with Crippen LogP contribution in [0, 0.1) is 0 Å². The fourth-order valence-electron chi connectivity index (χ4n) is 5.52. The van der Waals surface area contributed by atoms with Crippen LogP contribution in [0.4, 0.5) is 5.69 Å². The predicted octanol–water partition coefficient (Wildman–Crippen LogP) is 6.74. The monoisotopic (exact) mass is 687 g/mol. The molecule has 0 aromatic heterocycles. The Labute approximate surface area is 268 Å². The zero-order chi connectivity index (χ0) is 30.8. The van der Waals surface area contributed by atoms with E-state index < -0.39 is 16.1 Å². The minimum Gasteiger partial charge on any atom is -0.352 e. The number of rotatable bonds is 13. The van der Waals surface area contributed by atoms with Crippen molar-refractivity contribution in [2.45, 2.75) is 70.0 Å². The van der Waals surface area contributed by atoms with Crippen molar-refractivity contribution in [3.05, 3.63) is 99.5 Å². The topological polar surface area (TPSA) is 86.8 Å². The number of hydrogen-bond donors (Lipinski definition) is 1. The first-order valence-corrected chi connectivity index (χ1v) is 17.7. The van der Waals surface area contributed by atoms with Crippen LogP contribution in [0.5, 0.6) is 0 Å². The van der Waals surface area contributed by atoms with Gasteiger partial charge in [0.05, 0.1) is 11.9 Å². The average molecular weight is 689 g/mol. The third-order valence-corrected chi connectivity index (χ3v) is 9.70. The van der Waals surface area contributed by atoms with E-state index in [-0.39, 0.29) is 43.8 Å². The lowest BCUT2D eigenvalue weighted by molar-refractivity contribution is -0.141. The van der Waals surface area contributed by atoms with E-state index in [1.165, 1.54) is 10.7 Å². The van der Waals surface area contributed by atoms with Crippen LogP contribution in [0.25, 0.3) is 0 Å². The Morgan fingerprint density at radius 1 is 0.953 bits per heavy atom. The van der Waals surface area contributed by atoms with Gasteiger partial charge in [-0.05, 0) is 60.7 Å². The van der Waals surface area contributed by atoms with E-state index in [9.17, 15) is 18.0 Å². The maximum Gasteiger partial charge on any atom is 0.243 e. The molecule has 0 spiro atoms. The molecule has 1 saturated carbocycles. The Hall–Kier alpha value is -2.88. The first-order chi connectivity index (χ1) is 20.6. The molecule has 1 aliphatic rings. The normalized spacial score (nSPS) is 14.6. The summed E-state index contributed by atoms with van der Waals surface area (Å²) in [6.07, 6.45) is 7.08. The van der Waals surface area contributed by atoms with Crippen molar-refractivity contribution in [1.29, 1.82) is 0 Å². The van der Waals surface area contributed by atoms with Gasteiger partial charge in [0.15, 0.2) is 0 Å². The number of halogens is 2. The Kier molecular flexibility index (Phi) is 12.1. The quantitative estimate of drug-likeness (QED) is 0.216. The summed E-state index contributed by atoms with van der Waals surface area (Å²) in [7, 11) is -3.61. The SMILES string of the molecule is CS(=O)(=O)N(CCCC(=O)N(Cc1ccc(Br)cc1)C(Cc1ccccc1)C(=O)NC1CCCCC1)c1cccc(Cl)c1. The van der Waals surface area contributed by atoms with E-state index in [1.54, 1.807) is 29.2 Å². The predicted molar refractivity (Wildman–Crippen MR) is 177 cm³/mol. The molecule has 1 N–H and O–H groups in total. The summed E-state index contributed by atoms with van der Waals surface area (Å²) >= 11 is 9.60. The number of carbonyl (C=O) groups is 2. The van der Waals surface area contributed by atoms with Crippen LogP contribution in [0.3, 0.4) is 0 Å². The Morgan fingerprint density at radius 3 is 2.30 bits per heavy atom. The number of carbonyl (C=O) groups excluding carboxylic acids is 2. The van der Waals surface area contributed by atoms with E-state index in [4.69, 9.17) is 11.6 Å². The van der Waals surface area contributed by atoms with Crippen molar-refractivity contribution in [2.24, 2.45) is 0 Å². The standard InChI is InChI=1S/C33H39BrClN3O4S/c1-43(41,42)38(30-15-8-12-28(35)23-30)21-9-16-32(39)37(24-26-17-19-27(34)20-18-26)31(22-25-10-4-2-5-11-25)33(40)36-29-13-6-3-7-14-29/h2,4-5,8,10-12,15,17-20,23,29,31H,3,6-7,9,13-14,16,21-22,24H2,1H3,(H,36,40). The summed E-state index contributed by atoms with van der Waals surface area (Å²) in [6.45, 7) is 0.362. The van der Waals surface area contributed by atoms with E-state index in [2.05, 4.69) is 21.2 Å². The van der Waals surface area contributed by atoms with Crippen LogP contribution >= 0.6 is 27.5 Å². The molecule has 2 amide bonds. The third kappa shape index (κ3) is 10.1. The van der Waals surface area contributed by atoms with Gasteiger partial charge < -0.3 is 10.2 Å². The maximum absolute atomic E-state index is 14.0. The molecule has 10 heteroatoms. The van der Waals surface area contributed by atoms with Crippen molar-refractivity contribution < 1.29 is 18.0 Å². The number of benzene rings is 3. The number of sulfonamides is 1. The van der Waals surface area contributed by atoms with Crippen LogP contribution in [0.15, 0.2) is 83.3 Å². The molecule has 0 bridgehead atoms. The summed E-state index contributed by atoms with van der Waals surface area (Å²) in [5.41, 5.74) is 2.31. The van der Waals surface area contributed by atoms with E-state index in [0.717, 1.165) is 47.5 Å². The fraction of sp³-hybridized carbons (Fsp3) is 0.394. The molecule has 0 radical (unpaired) electrons. The number of anilines is 1. The lowest BCUT2D eigenvalue weighted by Gasteiger charge is -2.34. The van der Waals surface area contributed by atoms with Crippen LogP contribution in [-0.4, -0.2) is 50.0 Å². The average Bonchev–Trinajstić information content (AvgIpc) is 2.98. The number of nitrogens with one attached hydrogen (secondary N) is 1. The third-order valence-electron chi connectivity index (χ3n) is 7.74. The molecule has 0 heterocycles. The Bertz CT molecular complexity index is 1460. The summed E-state index contributed by atoms with van der Waals surface area (Å²) in [6, 6.07) is 23.5. The molecule has 0 aliphatic heterocycles. The largest absolute Gasteiger partial charge is 0.352 e. The second kappa shape index (κ2) is 15.7. The maximum atomic E-state index is 14.0. The molecular weight excluding hydrogens is 650 g/mol. The second-order valence-corrected chi connectivity index (χ2v) is 14.4. The van der Waals surface area contributed by atoms with Gasteiger partial charge in [-0.25, -0.2) is 8.42 Å². The number of amides is 2. The zero-order valence-electron chi connectivity index (χ0n) is 24.4. The molecule has 1 aliphatic carbocycles. The highest BCUT2D eigenvalue weighted by molar-refractivity contribution is 9.10. The van der Waals surface area contributed by atoms with Gasteiger partial charge in [-0.2, -0.15) is 0 Å².